The minimum Gasteiger partial charge on any atom is -0.393 e. The molecule has 1 saturated heterocycles. The molecule has 0 aromatic carbocycles. The Morgan fingerprint density at radius 3 is 2.72 bits per heavy atom. The Labute approximate surface area is 179 Å². The van der Waals surface area contributed by atoms with Crippen molar-refractivity contribution in [1.82, 2.24) is 0 Å². The average molecular weight is 401 g/mol. The zero-order valence-corrected chi connectivity index (χ0v) is 19.4. The van der Waals surface area contributed by atoms with E-state index in [0.29, 0.717) is 11.3 Å². The zero-order chi connectivity index (χ0) is 20.8. The highest BCUT2D eigenvalue weighted by molar-refractivity contribution is 5.36. The van der Waals surface area contributed by atoms with E-state index in [1.165, 1.54) is 62.5 Å². The van der Waals surface area contributed by atoms with Crippen LogP contribution in [-0.2, 0) is 4.74 Å². The first-order valence-corrected chi connectivity index (χ1v) is 12.5. The molecule has 4 aliphatic rings. The van der Waals surface area contributed by atoms with Crippen LogP contribution < -0.4 is 0 Å². The summed E-state index contributed by atoms with van der Waals surface area (Å²) in [6.45, 7) is 14.1. The molecule has 4 rings (SSSR count). The monoisotopic (exact) mass is 400 g/mol. The Kier molecular flexibility index (Phi) is 6.08. The van der Waals surface area contributed by atoms with Crippen molar-refractivity contribution in [1.29, 1.82) is 0 Å². The second-order valence-electron chi connectivity index (χ2n) is 11.6. The maximum absolute atomic E-state index is 10.1. The predicted octanol–water partition coefficient (Wildman–Crippen LogP) is 6.83. The van der Waals surface area contributed by atoms with Crippen molar-refractivity contribution in [2.75, 3.05) is 0 Å². The molecule has 1 N–H and O–H groups in total. The Morgan fingerprint density at radius 1 is 1.17 bits per heavy atom. The van der Waals surface area contributed by atoms with Gasteiger partial charge in [-0.15, -0.1) is 0 Å². The Morgan fingerprint density at radius 2 is 1.97 bits per heavy atom. The molecule has 1 spiro atoms. The number of allylic oxidation sites excluding steroid dienone is 1. The zero-order valence-electron chi connectivity index (χ0n) is 19.4. The van der Waals surface area contributed by atoms with Crippen LogP contribution in [0.4, 0.5) is 0 Å². The fourth-order valence-electron chi connectivity index (χ4n) is 7.56. The van der Waals surface area contributed by atoms with Gasteiger partial charge in [-0.25, -0.2) is 0 Å². The van der Waals surface area contributed by atoms with E-state index in [4.69, 9.17) is 4.74 Å². The normalized spacial score (nSPS) is 44.5. The lowest BCUT2D eigenvalue weighted by Gasteiger charge is -2.46. The maximum atomic E-state index is 10.1. The van der Waals surface area contributed by atoms with Crippen LogP contribution in [0.1, 0.15) is 98.3 Å². The molecule has 0 aromatic rings. The minimum absolute atomic E-state index is 0.0923. The highest BCUT2D eigenvalue weighted by Crippen LogP contribution is 2.67. The molecule has 1 aliphatic heterocycles. The molecule has 29 heavy (non-hydrogen) atoms. The molecule has 3 aliphatic carbocycles. The quantitative estimate of drug-likeness (QED) is 0.496. The van der Waals surface area contributed by atoms with Crippen LogP contribution in [0.3, 0.4) is 0 Å². The lowest BCUT2D eigenvalue weighted by molar-refractivity contribution is 0.00970. The number of fused-ring (bicyclic) bond motifs is 2. The predicted molar refractivity (Wildman–Crippen MR) is 121 cm³/mol. The molecule has 0 amide bonds. The summed E-state index contributed by atoms with van der Waals surface area (Å²) in [5.74, 6) is 3.24. The largest absolute Gasteiger partial charge is 0.393 e. The summed E-state index contributed by atoms with van der Waals surface area (Å²) in [7, 11) is 0. The van der Waals surface area contributed by atoms with Gasteiger partial charge in [-0.05, 0) is 92.1 Å². The van der Waals surface area contributed by atoms with E-state index < -0.39 is 0 Å². The number of ether oxygens (including phenoxy) is 1. The lowest BCUT2D eigenvalue weighted by Crippen LogP contribution is -2.44. The standard InChI is InChI=1S/C27H44O2/c1-18(2)8-6-9-20(4)23-12-13-24-26(23,5)14-7-15-27(24)25(29-27)17-21-16-22(28)11-10-19(21)3/h17-18,20,22-25,28H,3,6-16H2,1-2,4-5H3/b21-17-/t20-,22+,23-,24-,25-,26-,27-/m1/s1. The van der Waals surface area contributed by atoms with E-state index in [9.17, 15) is 5.11 Å². The molecule has 2 heteroatoms. The van der Waals surface area contributed by atoms with Crippen LogP contribution in [0.2, 0.25) is 0 Å². The molecule has 7 atom stereocenters. The molecule has 164 valence electrons. The summed E-state index contributed by atoms with van der Waals surface area (Å²) in [4.78, 5) is 0. The van der Waals surface area contributed by atoms with E-state index in [2.05, 4.69) is 40.3 Å². The summed E-state index contributed by atoms with van der Waals surface area (Å²) < 4.78 is 6.55. The van der Waals surface area contributed by atoms with E-state index >= 15 is 0 Å². The van der Waals surface area contributed by atoms with Crippen molar-refractivity contribution in [2.45, 2.75) is 116 Å². The number of hydrogen-bond donors (Lipinski definition) is 1. The van der Waals surface area contributed by atoms with Gasteiger partial charge >= 0.3 is 0 Å². The number of aliphatic hydroxyl groups is 1. The van der Waals surface area contributed by atoms with Crippen molar-refractivity contribution in [3.63, 3.8) is 0 Å². The summed E-state index contributed by atoms with van der Waals surface area (Å²) in [6, 6.07) is 0. The van der Waals surface area contributed by atoms with Crippen LogP contribution in [0.25, 0.3) is 0 Å². The van der Waals surface area contributed by atoms with E-state index in [1.54, 1.807) is 0 Å². The fourth-order valence-corrected chi connectivity index (χ4v) is 7.56. The van der Waals surface area contributed by atoms with Crippen molar-refractivity contribution in [2.24, 2.45) is 29.1 Å². The second kappa shape index (κ2) is 8.15. The van der Waals surface area contributed by atoms with Crippen molar-refractivity contribution in [3.05, 3.63) is 23.8 Å². The van der Waals surface area contributed by atoms with Gasteiger partial charge in [0.25, 0.3) is 0 Å². The van der Waals surface area contributed by atoms with Crippen LogP contribution in [-0.4, -0.2) is 22.9 Å². The third-order valence-electron chi connectivity index (χ3n) is 9.22. The van der Waals surface area contributed by atoms with Gasteiger partial charge in [-0.2, -0.15) is 0 Å². The first kappa shape index (κ1) is 21.6. The summed E-state index contributed by atoms with van der Waals surface area (Å²) in [5, 5.41) is 10.1. The average Bonchev–Trinajstić information content (AvgIpc) is 3.17. The SMILES string of the molecule is C=C1CC[C@H](O)C/C1=C/[C@H]1O[C@@]12CCC[C@]1(C)[C@@H]([C@H](C)CCCC(C)C)CC[C@H]12. The molecule has 0 bridgehead atoms. The van der Waals surface area contributed by atoms with E-state index in [0.717, 1.165) is 37.0 Å². The molecule has 1 heterocycles. The minimum atomic E-state index is -0.194. The van der Waals surface area contributed by atoms with Gasteiger partial charge in [0, 0.05) is 0 Å². The Hall–Kier alpha value is -0.600. The molecule has 0 aromatic heterocycles. The Bertz CT molecular complexity index is 649. The van der Waals surface area contributed by atoms with Crippen molar-refractivity contribution < 1.29 is 9.84 Å². The van der Waals surface area contributed by atoms with Crippen molar-refractivity contribution in [3.8, 4) is 0 Å². The maximum Gasteiger partial charge on any atom is 0.106 e. The van der Waals surface area contributed by atoms with Crippen LogP contribution in [0.5, 0.6) is 0 Å². The van der Waals surface area contributed by atoms with Gasteiger partial charge in [-0.1, -0.05) is 59.1 Å². The number of aliphatic hydroxyl groups excluding tert-OH is 1. The smallest absolute Gasteiger partial charge is 0.106 e. The highest BCUT2D eigenvalue weighted by atomic mass is 16.6. The topological polar surface area (TPSA) is 32.8 Å². The van der Waals surface area contributed by atoms with Crippen LogP contribution in [0, 0.1) is 29.1 Å². The van der Waals surface area contributed by atoms with Gasteiger partial charge in [-0.3, -0.25) is 0 Å². The fraction of sp³-hybridized carbons (Fsp3) is 0.852. The van der Waals surface area contributed by atoms with Crippen molar-refractivity contribution >= 4 is 0 Å². The number of rotatable bonds is 6. The molecule has 4 fully saturated rings. The molecular formula is C27H44O2. The van der Waals surface area contributed by atoms with Gasteiger partial charge in [0.15, 0.2) is 0 Å². The summed E-state index contributed by atoms with van der Waals surface area (Å²) in [6.07, 6.45) is 15.8. The molecule has 2 nitrogen and oxygen atoms in total. The van der Waals surface area contributed by atoms with Gasteiger partial charge in [0.1, 0.15) is 11.7 Å². The number of epoxide rings is 1. The van der Waals surface area contributed by atoms with E-state index in [1.807, 2.05) is 0 Å². The second-order valence-corrected chi connectivity index (χ2v) is 11.6. The third-order valence-corrected chi connectivity index (χ3v) is 9.22. The highest BCUT2D eigenvalue weighted by Gasteiger charge is 2.68. The Balaban J connectivity index is 1.45. The van der Waals surface area contributed by atoms with Gasteiger partial charge in [0.05, 0.1) is 6.10 Å². The molecule has 3 saturated carbocycles. The summed E-state index contributed by atoms with van der Waals surface area (Å²) in [5.41, 5.74) is 3.04. The lowest BCUT2D eigenvalue weighted by atomic mass is 9.58. The first-order valence-electron chi connectivity index (χ1n) is 12.5. The third kappa shape index (κ3) is 4.01. The van der Waals surface area contributed by atoms with E-state index in [-0.39, 0.29) is 17.8 Å². The molecule has 0 radical (unpaired) electrons. The van der Waals surface area contributed by atoms with Crippen LogP contribution in [0.15, 0.2) is 23.8 Å². The molecule has 0 unspecified atom stereocenters. The molecular weight excluding hydrogens is 356 g/mol. The van der Waals surface area contributed by atoms with Crippen LogP contribution >= 0.6 is 0 Å². The van der Waals surface area contributed by atoms with Gasteiger partial charge < -0.3 is 9.84 Å². The summed E-state index contributed by atoms with van der Waals surface area (Å²) >= 11 is 0. The number of hydrogen-bond acceptors (Lipinski definition) is 2. The first-order chi connectivity index (χ1) is 13.8. The van der Waals surface area contributed by atoms with Gasteiger partial charge in [0.2, 0.25) is 0 Å².